The lowest BCUT2D eigenvalue weighted by atomic mass is 10.3. The Morgan fingerprint density at radius 1 is 1.33 bits per heavy atom. The summed E-state index contributed by atoms with van der Waals surface area (Å²) < 4.78 is 27.3. The highest BCUT2D eigenvalue weighted by Gasteiger charge is 2.19. The van der Waals surface area contributed by atoms with E-state index in [2.05, 4.69) is 35.8 Å². The molecule has 0 fully saturated rings. The van der Waals surface area contributed by atoms with Crippen LogP contribution in [0.2, 0.25) is 0 Å². The minimum Gasteiger partial charge on any atom is -0.281 e. The van der Waals surface area contributed by atoms with Crippen molar-refractivity contribution in [2.24, 2.45) is 0 Å². The molecule has 2 rings (SSSR count). The van der Waals surface area contributed by atoms with Crippen molar-refractivity contribution in [1.29, 1.82) is 0 Å². The van der Waals surface area contributed by atoms with Crippen LogP contribution in [0.5, 0.6) is 0 Å². The predicted molar refractivity (Wildman–Crippen MR) is 70.8 cm³/mol. The van der Waals surface area contributed by atoms with Crippen LogP contribution in [0.15, 0.2) is 27.8 Å². The van der Waals surface area contributed by atoms with E-state index in [1.165, 1.54) is 6.20 Å². The minimum absolute atomic E-state index is 0.116. The molecule has 0 aliphatic rings. The van der Waals surface area contributed by atoms with Gasteiger partial charge in [0.05, 0.1) is 11.9 Å². The van der Waals surface area contributed by atoms with Gasteiger partial charge in [0.25, 0.3) is 10.0 Å². The second kappa shape index (κ2) is 4.69. The summed E-state index contributed by atoms with van der Waals surface area (Å²) in [6, 6.07) is 1.65. The van der Waals surface area contributed by atoms with Crippen LogP contribution in [0.25, 0.3) is 0 Å². The normalized spacial score (nSPS) is 11.5. The average Bonchev–Trinajstić information content (AvgIpc) is 2.70. The Labute approximate surface area is 113 Å². The highest BCUT2D eigenvalue weighted by molar-refractivity contribution is 9.10. The van der Waals surface area contributed by atoms with E-state index in [1.807, 2.05) is 6.92 Å². The number of aryl methyl sites for hydroxylation is 2. The van der Waals surface area contributed by atoms with Gasteiger partial charge >= 0.3 is 0 Å². The van der Waals surface area contributed by atoms with Crippen LogP contribution in [0.3, 0.4) is 0 Å². The van der Waals surface area contributed by atoms with Crippen molar-refractivity contribution in [3.8, 4) is 0 Å². The molecule has 0 saturated carbocycles. The van der Waals surface area contributed by atoms with Crippen molar-refractivity contribution in [2.45, 2.75) is 18.7 Å². The largest absolute Gasteiger partial charge is 0.281 e. The van der Waals surface area contributed by atoms with Crippen LogP contribution < -0.4 is 4.72 Å². The monoisotopic (exact) mass is 330 g/mol. The molecule has 2 heterocycles. The summed E-state index contributed by atoms with van der Waals surface area (Å²) in [4.78, 5) is 4.11. The highest BCUT2D eigenvalue weighted by Crippen LogP contribution is 2.20. The van der Waals surface area contributed by atoms with E-state index >= 15 is 0 Å². The van der Waals surface area contributed by atoms with E-state index in [4.69, 9.17) is 0 Å². The van der Waals surface area contributed by atoms with Gasteiger partial charge in [-0.2, -0.15) is 5.10 Å². The zero-order valence-electron chi connectivity index (χ0n) is 9.73. The third-order valence-corrected chi connectivity index (χ3v) is 4.66. The molecule has 0 bridgehead atoms. The van der Waals surface area contributed by atoms with Crippen LogP contribution in [0.1, 0.15) is 11.3 Å². The number of aromatic amines is 1. The molecule has 8 heteroatoms. The number of halogens is 1. The Morgan fingerprint density at radius 3 is 2.61 bits per heavy atom. The first-order valence-electron chi connectivity index (χ1n) is 5.05. The maximum Gasteiger partial charge on any atom is 0.266 e. The first-order chi connectivity index (χ1) is 8.40. The molecule has 2 aromatic heterocycles. The maximum absolute atomic E-state index is 12.1. The Bertz CT molecular complexity index is 681. The fourth-order valence-corrected chi connectivity index (χ4v) is 2.75. The quantitative estimate of drug-likeness (QED) is 0.900. The smallest absolute Gasteiger partial charge is 0.266 e. The summed E-state index contributed by atoms with van der Waals surface area (Å²) in [5.74, 6) is 0.274. The number of pyridine rings is 1. The van der Waals surface area contributed by atoms with Gasteiger partial charge in [0, 0.05) is 10.7 Å². The molecule has 18 heavy (non-hydrogen) atoms. The number of H-pyrrole nitrogens is 1. The van der Waals surface area contributed by atoms with Crippen LogP contribution >= 0.6 is 15.9 Å². The molecule has 2 aromatic rings. The Hall–Kier alpha value is -1.41. The lowest BCUT2D eigenvalue weighted by Gasteiger charge is -2.07. The van der Waals surface area contributed by atoms with Crippen molar-refractivity contribution in [2.75, 3.05) is 4.72 Å². The molecule has 6 nitrogen and oxygen atoms in total. The van der Waals surface area contributed by atoms with E-state index in [0.29, 0.717) is 5.69 Å². The van der Waals surface area contributed by atoms with Gasteiger partial charge in [-0.1, -0.05) is 0 Å². The minimum atomic E-state index is -3.65. The molecule has 0 saturated heterocycles. The van der Waals surface area contributed by atoms with Gasteiger partial charge in [0.1, 0.15) is 10.7 Å². The summed E-state index contributed by atoms with van der Waals surface area (Å²) in [5.41, 5.74) is 1.38. The standard InChI is InChI=1S/C10H11BrN4O2S/c1-6-3-10(12-4-8(6)11)15-18(16,17)9-5-13-14-7(9)2/h3-5H,1-2H3,(H,12,15)(H,13,14). The van der Waals surface area contributed by atoms with E-state index in [0.717, 1.165) is 10.0 Å². The maximum atomic E-state index is 12.1. The highest BCUT2D eigenvalue weighted by atomic mass is 79.9. The molecule has 0 aliphatic heterocycles. The van der Waals surface area contributed by atoms with E-state index in [-0.39, 0.29) is 10.7 Å². The summed E-state index contributed by atoms with van der Waals surface area (Å²) in [6.07, 6.45) is 2.82. The van der Waals surface area contributed by atoms with Crippen molar-refractivity contribution >= 4 is 31.8 Å². The summed E-state index contributed by atoms with van der Waals surface area (Å²) in [6.45, 7) is 3.49. The van der Waals surface area contributed by atoms with E-state index in [9.17, 15) is 8.42 Å². The molecule has 0 spiro atoms. The lowest BCUT2D eigenvalue weighted by Crippen LogP contribution is -2.14. The van der Waals surface area contributed by atoms with Gasteiger partial charge in [-0.3, -0.25) is 9.82 Å². The Kier molecular flexibility index (Phi) is 3.40. The van der Waals surface area contributed by atoms with Gasteiger partial charge in [-0.05, 0) is 41.4 Å². The van der Waals surface area contributed by atoms with E-state index < -0.39 is 10.0 Å². The molecular formula is C10H11BrN4O2S. The van der Waals surface area contributed by atoms with Crippen LogP contribution in [0, 0.1) is 13.8 Å². The summed E-state index contributed by atoms with van der Waals surface area (Å²) in [5, 5.41) is 6.27. The van der Waals surface area contributed by atoms with Crippen molar-refractivity contribution in [1.82, 2.24) is 15.2 Å². The topological polar surface area (TPSA) is 87.7 Å². The molecule has 0 unspecified atom stereocenters. The zero-order valence-corrected chi connectivity index (χ0v) is 12.1. The van der Waals surface area contributed by atoms with Crippen LogP contribution in [-0.2, 0) is 10.0 Å². The Balaban J connectivity index is 2.34. The zero-order chi connectivity index (χ0) is 13.3. The summed E-state index contributed by atoms with van der Waals surface area (Å²) in [7, 11) is -3.65. The molecule has 0 amide bonds. The number of rotatable bonds is 3. The number of hydrogen-bond donors (Lipinski definition) is 2. The van der Waals surface area contributed by atoms with Crippen LogP contribution in [-0.4, -0.2) is 23.6 Å². The van der Waals surface area contributed by atoms with Gasteiger partial charge in [0.2, 0.25) is 0 Å². The molecule has 96 valence electrons. The fourth-order valence-electron chi connectivity index (χ4n) is 1.40. The fraction of sp³-hybridized carbons (Fsp3) is 0.200. The number of anilines is 1. The molecule has 2 N–H and O–H groups in total. The van der Waals surface area contributed by atoms with Crippen LogP contribution in [0.4, 0.5) is 5.82 Å². The number of hydrogen-bond acceptors (Lipinski definition) is 4. The average molecular weight is 331 g/mol. The molecule has 0 radical (unpaired) electrons. The van der Waals surface area contributed by atoms with Gasteiger partial charge < -0.3 is 0 Å². The van der Waals surface area contributed by atoms with E-state index in [1.54, 1.807) is 19.2 Å². The van der Waals surface area contributed by atoms with Gasteiger partial charge in [0.15, 0.2) is 0 Å². The summed E-state index contributed by atoms with van der Waals surface area (Å²) >= 11 is 3.30. The number of nitrogens with zero attached hydrogens (tertiary/aromatic N) is 2. The van der Waals surface area contributed by atoms with Crippen molar-refractivity contribution in [3.05, 3.63) is 34.2 Å². The van der Waals surface area contributed by atoms with Crippen molar-refractivity contribution in [3.63, 3.8) is 0 Å². The molecule has 0 aliphatic carbocycles. The van der Waals surface area contributed by atoms with Crippen molar-refractivity contribution < 1.29 is 8.42 Å². The first-order valence-corrected chi connectivity index (χ1v) is 7.33. The first kappa shape index (κ1) is 13.0. The number of nitrogens with one attached hydrogen (secondary N) is 2. The molecule has 0 atom stereocenters. The second-order valence-electron chi connectivity index (χ2n) is 3.78. The SMILES string of the molecule is Cc1cc(NS(=O)(=O)c2cn[nH]c2C)ncc1Br. The Morgan fingerprint density at radius 2 is 2.06 bits per heavy atom. The number of sulfonamides is 1. The third kappa shape index (κ3) is 2.54. The lowest BCUT2D eigenvalue weighted by molar-refractivity contribution is 0.600. The number of aromatic nitrogens is 3. The third-order valence-electron chi connectivity index (χ3n) is 2.36. The van der Waals surface area contributed by atoms with Gasteiger partial charge in [-0.15, -0.1) is 0 Å². The van der Waals surface area contributed by atoms with Gasteiger partial charge in [-0.25, -0.2) is 13.4 Å². The molecule has 0 aromatic carbocycles. The second-order valence-corrected chi connectivity index (χ2v) is 6.29. The predicted octanol–water partition coefficient (Wildman–Crippen LogP) is 1.98. The molecular weight excluding hydrogens is 320 g/mol.